The molecule has 0 radical (unpaired) electrons. The van der Waals surface area contributed by atoms with Crippen LogP contribution in [0.15, 0.2) is 36.4 Å². The fourth-order valence-electron chi connectivity index (χ4n) is 5.00. The second kappa shape index (κ2) is 12.0. The van der Waals surface area contributed by atoms with Crippen molar-refractivity contribution in [3.63, 3.8) is 0 Å². The van der Waals surface area contributed by atoms with Crippen LogP contribution in [0.2, 0.25) is 0 Å². The van der Waals surface area contributed by atoms with Crippen molar-refractivity contribution < 1.29 is 9.53 Å². The third-order valence-corrected chi connectivity index (χ3v) is 7.09. The molecule has 0 amide bonds. The third kappa shape index (κ3) is 7.05. The Kier molecular flexibility index (Phi) is 9.06. The van der Waals surface area contributed by atoms with E-state index in [9.17, 15) is 4.79 Å². The number of carbonyl (C=O) groups excluding carboxylic acids is 1. The molecular formula is C28H38O2. The van der Waals surface area contributed by atoms with Crippen molar-refractivity contribution in [2.45, 2.75) is 84.5 Å². The van der Waals surface area contributed by atoms with Crippen molar-refractivity contribution in [2.24, 2.45) is 23.7 Å². The molecule has 1 aromatic carbocycles. The molecule has 3 rings (SSSR count). The van der Waals surface area contributed by atoms with E-state index in [1.807, 2.05) is 30.3 Å². The molecule has 0 aliphatic heterocycles. The van der Waals surface area contributed by atoms with E-state index in [1.54, 1.807) is 0 Å². The Balaban J connectivity index is 1.42. The highest BCUT2D eigenvalue weighted by atomic mass is 16.5. The van der Waals surface area contributed by atoms with Gasteiger partial charge in [0.15, 0.2) is 0 Å². The Morgan fingerprint density at radius 2 is 1.63 bits per heavy atom. The van der Waals surface area contributed by atoms with Gasteiger partial charge in [0.25, 0.3) is 0 Å². The Labute approximate surface area is 183 Å². The maximum absolute atomic E-state index is 12.5. The molecule has 0 unspecified atom stereocenters. The first kappa shape index (κ1) is 22.7. The van der Waals surface area contributed by atoms with E-state index < -0.39 is 0 Å². The molecule has 2 heteroatoms. The molecule has 0 heterocycles. The highest BCUT2D eigenvalue weighted by Gasteiger charge is 2.27. The zero-order chi connectivity index (χ0) is 21.2. The average Bonchev–Trinajstić information content (AvgIpc) is 2.79. The Hall–Kier alpha value is -2.01. The zero-order valence-corrected chi connectivity index (χ0v) is 18.9. The largest absolute Gasteiger partial charge is 0.426 e. The van der Waals surface area contributed by atoms with Crippen LogP contribution in [0, 0.1) is 35.5 Å². The van der Waals surface area contributed by atoms with Crippen LogP contribution in [0.4, 0.5) is 0 Å². The molecule has 0 aromatic heterocycles. The summed E-state index contributed by atoms with van der Waals surface area (Å²) in [4.78, 5) is 12.5. The molecule has 2 aliphatic carbocycles. The number of esters is 1. The molecule has 0 bridgehead atoms. The van der Waals surface area contributed by atoms with Crippen LogP contribution in [-0.4, -0.2) is 5.97 Å². The van der Waals surface area contributed by atoms with Gasteiger partial charge >= 0.3 is 5.97 Å². The third-order valence-electron chi connectivity index (χ3n) is 7.09. The van der Waals surface area contributed by atoms with Crippen molar-refractivity contribution in [3.8, 4) is 17.6 Å². The summed E-state index contributed by atoms with van der Waals surface area (Å²) in [6, 6.07) is 7.60. The van der Waals surface area contributed by atoms with Crippen LogP contribution in [0.5, 0.6) is 5.75 Å². The quantitative estimate of drug-likeness (QED) is 0.281. The Morgan fingerprint density at radius 1 is 0.967 bits per heavy atom. The van der Waals surface area contributed by atoms with Crippen LogP contribution in [0.1, 0.15) is 90.0 Å². The lowest BCUT2D eigenvalue weighted by Gasteiger charge is -2.26. The number of hydrogen-bond donors (Lipinski definition) is 0. The molecule has 1 aromatic rings. The summed E-state index contributed by atoms with van der Waals surface area (Å²) in [5.74, 6) is 9.41. The van der Waals surface area contributed by atoms with E-state index in [4.69, 9.17) is 4.74 Å². The number of benzene rings is 1. The van der Waals surface area contributed by atoms with Crippen molar-refractivity contribution >= 4 is 5.97 Å². The summed E-state index contributed by atoms with van der Waals surface area (Å²) in [5.41, 5.74) is 0.953. The SMILES string of the molecule is CCCC1CCC(C(=O)Oc2ccc(C#CC=CC3CCC(CC)CC3)cc2)CC1. The molecular weight excluding hydrogens is 368 g/mol. The molecule has 30 heavy (non-hydrogen) atoms. The second-order valence-corrected chi connectivity index (χ2v) is 9.27. The Morgan fingerprint density at radius 3 is 2.27 bits per heavy atom. The number of allylic oxidation sites excluding steroid dienone is 2. The first-order valence-corrected chi connectivity index (χ1v) is 12.2. The molecule has 2 nitrogen and oxygen atoms in total. The molecule has 2 aliphatic rings. The standard InChI is InChI=1S/C28H38O2/c1-3-7-23-14-18-26(19-15-23)28(29)30-27-20-16-25(17-21-27)9-6-5-8-24-12-10-22(4-2)11-13-24/h5,8,16-17,20-24,26H,3-4,7,10-15,18-19H2,1-2H3. The molecule has 2 saturated carbocycles. The van der Waals surface area contributed by atoms with Crippen molar-refractivity contribution in [1.29, 1.82) is 0 Å². The molecule has 2 fully saturated rings. The summed E-state index contributed by atoms with van der Waals surface area (Å²) in [5, 5.41) is 0. The Bertz CT molecular complexity index is 733. The van der Waals surface area contributed by atoms with Gasteiger partial charge in [0, 0.05) is 5.56 Å². The van der Waals surface area contributed by atoms with Gasteiger partial charge in [-0.25, -0.2) is 0 Å². The number of carbonyl (C=O) groups is 1. The second-order valence-electron chi connectivity index (χ2n) is 9.27. The van der Waals surface area contributed by atoms with Crippen LogP contribution in [-0.2, 0) is 4.79 Å². The summed E-state index contributed by atoms with van der Waals surface area (Å²) in [6.45, 7) is 4.54. The average molecular weight is 407 g/mol. The smallest absolute Gasteiger partial charge is 0.314 e. The maximum atomic E-state index is 12.5. The summed E-state index contributed by atoms with van der Waals surface area (Å²) < 4.78 is 5.63. The number of rotatable bonds is 6. The van der Waals surface area contributed by atoms with Crippen molar-refractivity contribution in [1.82, 2.24) is 0 Å². The molecule has 0 N–H and O–H groups in total. The van der Waals surface area contributed by atoms with E-state index in [0.717, 1.165) is 43.1 Å². The molecule has 0 atom stereocenters. The van der Waals surface area contributed by atoms with E-state index in [-0.39, 0.29) is 11.9 Å². The monoisotopic (exact) mass is 406 g/mol. The molecule has 162 valence electrons. The minimum atomic E-state index is -0.0653. The molecule has 0 saturated heterocycles. The van der Waals surface area contributed by atoms with Gasteiger partial charge in [-0.2, -0.15) is 0 Å². The van der Waals surface area contributed by atoms with E-state index in [0.29, 0.717) is 11.7 Å². The van der Waals surface area contributed by atoms with Gasteiger partial charge in [-0.15, -0.1) is 0 Å². The van der Waals surface area contributed by atoms with Gasteiger partial charge in [-0.1, -0.05) is 51.0 Å². The number of hydrogen-bond acceptors (Lipinski definition) is 2. The van der Waals surface area contributed by atoms with E-state index >= 15 is 0 Å². The predicted octanol–water partition coefficient (Wildman–Crippen LogP) is 7.32. The first-order valence-electron chi connectivity index (χ1n) is 12.2. The highest BCUT2D eigenvalue weighted by molar-refractivity contribution is 5.75. The van der Waals surface area contributed by atoms with Gasteiger partial charge in [0.2, 0.25) is 0 Å². The topological polar surface area (TPSA) is 26.3 Å². The predicted molar refractivity (Wildman–Crippen MR) is 124 cm³/mol. The van der Waals surface area contributed by atoms with Gasteiger partial charge in [-0.3, -0.25) is 4.79 Å². The van der Waals surface area contributed by atoms with Gasteiger partial charge in [0.1, 0.15) is 5.75 Å². The lowest BCUT2D eigenvalue weighted by molar-refractivity contribution is -0.140. The van der Waals surface area contributed by atoms with Crippen molar-refractivity contribution in [2.75, 3.05) is 0 Å². The summed E-state index contributed by atoms with van der Waals surface area (Å²) in [7, 11) is 0. The lowest BCUT2D eigenvalue weighted by atomic mass is 9.80. The van der Waals surface area contributed by atoms with E-state index in [1.165, 1.54) is 44.9 Å². The van der Waals surface area contributed by atoms with Gasteiger partial charge < -0.3 is 4.74 Å². The van der Waals surface area contributed by atoms with E-state index in [2.05, 4.69) is 31.8 Å². The minimum Gasteiger partial charge on any atom is -0.426 e. The summed E-state index contributed by atoms with van der Waals surface area (Å²) in [6.07, 6.45) is 17.7. The van der Waals surface area contributed by atoms with Crippen LogP contribution >= 0.6 is 0 Å². The lowest BCUT2D eigenvalue weighted by Crippen LogP contribution is -2.25. The van der Waals surface area contributed by atoms with Crippen LogP contribution < -0.4 is 4.74 Å². The van der Waals surface area contributed by atoms with Crippen LogP contribution in [0.25, 0.3) is 0 Å². The zero-order valence-electron chi connectivity index (χ0n) is 18.9. The van der Waals surface area contributed by atoms with Gasteiger partial charge in [-0.05, 0) is 99.5 Å². The highest BCUT2D eigenvalue weighted by Crippen LogP contribution is 2.33. The first-order chi connectivity index (χ1) is 14.7. The molecule has 0 spiro atoms. The maximum Gasteiger partial charge on any atom is 0.314 e. The fourth-order valence-corrected chi connectivity index (χ4v) is 5.00. The van der Waals surface area contributed by atoms with Crippen LogP contribution in [0.3, 0.4) is 0 Å². The fraction of sp³-hybridized carbons (Fsp3) is 0.607. The van der Waals surface area contributed by atoms with Gasteiger partial charge in [0.05, 0.1) is 5.92 Å². The minimum absolute atomic E-state index is 0.0649. The summed E-state index contributed by atoms with van der Waals surface area (Å²) >= 11 is 0. The number of ether oxygens (including phenoxy) is 1. The normalized spacial score (nSPS) is 26.7. The van der Waals surface area contributed by atoms with Crippen molar-refractivity contribution in [3.05, 3.63) is 42.0 Å².